The molecule has 2 aromatic rings. The number of rotatable bonds is 9. The number of methoxy groups -OCH3 is 4. The van der Waals surface area contributed by atoms with Crippen LogP contribution in [0, 0.1) is 0 Å². The minimum Gasteiger partial charge on any atom is -0.497 e. The molecule has 0 aliphatic heterocycles. The summed E-state index contributed by atoms with van der Waals surface area (Å²) in [7, 11) is 6.04. The van der Waals surface area contributed by atoms with Gasteiger partial charge < -0.3 is 29.0 Å². The van der Waals surface area contributed by atoms with Gasteiger partial charge in [0.05, 0.1) is 34.5 Å². The van der Waals surface area contributed by atoms with E-state index in [-0.39, 0.29) is 11.6 Å². The second kappa shape index (κ2) is 10.2. The van der Waals surface area contributed by atoms with Gasteiger partial charge in [-0.25, -0.2) is 4.79 Å². The van der Waals surface area contributed by atoms with Crippen molar-refractivity contribution in [3.05, 3.63) is 47.5 Å². The van der Waals surface area contributed by atoms with E-state index in [0.717, 1.165) is 5.56 Å². The van der Waals surface area contributed by atoms with Gasteiger partial charge in [-0.05, 0) is 37.3 Å². The highest BCUT2D eigenvalue weighted by atomic mass is 16.5. The first-order chi connectivity index (χ1) is 13.9. The molecule has 1 amide bonds. The van der Waals surface area contributed by atoms with Crippen LogP contribution in [0.4, 0.5) is 0 Å². The SMILES string of the molecule is COc1ccc(C(=O)OCC(=O)N[C@@H](C)c2cc(OC)ccc2OC)c(OC)c1. The van der Waals surface area contributed by atoms with Crippen molar-refractivity contribution in [2.45, 2.75) is 13.0 Å². The third-order valence-corrected chi connectivity index (χ3v) is 4.24. The molecule has 0 spiro atoms. The van der Waals surface area contributed by atoms with E-state index in [0.29, 0.717) is 23.0 Å². The summed E-state index contributed by atoms with van der Waals surface area (Å²) in [5.41, 5.74) is 0.937. The van der Waals surface area contributed by atoms with Crippen molar-refractivity contribution in [1.29, 1.82) is 0 Å². The van der Waals surface area contributed by atoms with Crippen molar-refractivity contribution in [2.75, 3.05) is 35.0 Å². The van der Waals surface area contributed by atoms with E-state index < -0.39 is 18.5 Å². The lowest BCUT2D eigenvalue weighted by Crippen LogP contribution is -2.31. The maximum absolute atomic E-state index is 12.3. The Morgan fingerprint density at radius 2 is 1.48 bits per heavy atom. The summed E-state index contributed by atoms with van der Waals surface area (Å²) in [6.07, 6.45) is 0. The molecule has 0 fully saturated rings. The van der Waals surface area contributed by atoms with Gasteiger partial charge in [-0.1, -0.05) is 0 Å². The molecule has 8 nitrogen and oxygen atoms in total. The Bertz CT molecular complexity index is 866. The number of carbonyl (C=O) groups is 2. The van der Waals surface area contributed by atoms with Gasteiger partial charge in [0.25, 0.3) is 5.91 Å². The quantitative estimate of drug-likeness (QED) is 0.644. The number of carbonyl (C=O) groups excluding carboxylic acids is 2. The summed E-state index contributed by atoms with van der Waals surface area (Å²) in [6, 6.07) is 9.60. The molecule has 0 saturated carbocycles. The van der Waals surface area contributed by atoms with Gasteiger partial charge in [-0.15, -0.1) is 0 Å². The van der Waals surface area contributed by atoms with E-state index in [2.05, 4.69) is 5.32 Å². The predicted octanol–water partition coefficient (Wildman–Crippen LogP) is 2.76. The van der Waals surface area contributed by atoms with Crippen LogP contribution < -0.4 is 24.3 Å². The molecule has 0 radical (unpaired) electrons. The number of hydrogen-bond acceptors (Lipinski definition) is 7. The summed E-state index contributed by atoms with van der Waals surface area (Å²) in [5.74, 6) is 0.953. The average molecular weight is 403 g/mol. The van der Waals surface area contributed by atoms with E-state index in [9.17, 15) is 9.59 Å². The second-order valence-corrected chi connectivity index (χ2v) is 6.04. The smallest absolute Gasteiger partial charge is 0.342 e. The van der Waals surface area contributed by atoms with Crippen molar-refractivity contribution in [3.8, 4) is 23.0 Å². The minimum absolute atomic E-state index is 0.198. The highest BCUT2D eigenvalue weighted by Gasteiger charge is 2.19. The summed E-state index contributed by atoms with van der Waals surface area (Å²) < 4.78 is 25.9. The summed E-state index contributed by atoms with van der Waals surface area (Å²) >= 11 is 0. The zero-order chi connectivity index (χ0) is 21.4. The molecule has 2 aromatic carbocycles. The highest BCUT2D eigenvalue weighted by Crippen LogP contribution is 2.29. The van der Waals surface area contributed by atoms with E-state index >= 15 is 0 Å². The van der Waals surface area contributed by atoms with Gasteiger partial charge in [0, 0.05) is 11.6 Å². The Morgan fingerprint density at radius 1 is 0.862 bits per heavy atom. The monoisotopic (exact) mass is 403 g/mol. The molecule has 0 aliphatic carbocycles. The fraction of sp³-hybridized carbons (Fsp3) is 0.333. The zero-order valence-electron chi connectivity index (χ0n) is 17.1. The maximum Gasteiger partial charge on any atom is 0.342 e. The fourth-order valence-electron chi connectivity index (χ4n) is 2.71. The molecule has 0 unspecified atom stereocenters. The topological polar surface area (TPSA) is 92.3 Å². The number of ether oxygens (including phenoxy) is 5. The van der Waals surface area contributed by atoms with Gasteiger partial charge in [-0.3, -0.25) is 4.79 Å². The largest absolute Gasteiger partial charge is 0.497 e. The van der Waals surface area contributed by atoms with Gasteiger partial charge >= 0.3 is 5.97 Å². The Kier molecular flexibility index (Phi) is 7.70. The van der Waals surface area contributed by atoms with Crippen LogP contribution in [-0.2, 0) is 9.53 Å². The predicted molar refractivity (Wildman–Crippen MR) is 106 cm³/mol. The molecular weight excluding hydrogens is 378 g/mol. The summed E-state index contributed by atoms with van der Waals surface area (Å²) in [4.78, 5) is 24.6. The molecule has 0 bridgehead atoms. The normalized spacial score (nSPS) is 11.2. The first-order valence-corrected chi connectivity index (χ1v) is 8.83. The number of amides is 1. The van der Waals surface area contributed by atoms with E-state index in [1.165, 1.54) is 20.3 Å². The van der Waals surface area contributed by atoms with E-state index in [4.69, 9.17) is 23.7 Å². The van der Waals surface area contributed by atoms with Gasteiger partial charge in [0.15, 0.2) is 6.61 Å². The fourth-order valence-corrected chi connectivity index (χ4v) is 2.71. The Morgan fingerprint density at radius 3 is 2.10 bits per heavy atom. The molecule has 29 heavy (non-hydrogen) atoms. The van der Waals surface area contributed by atoms with Crippen LogP contribution in [0.15, 0.2) is 36.4 Å². The number of nitrogens with one attached hydrogen (secondary N) is 1. The van der Waals surface area contributed by atoms with Gasteiger partial charge in [-0.2, -0.15) is 0 Å². The van der Waals surface area contributed by atoms with Crippen molar-refractivity contribution in [1.82, 2.24) is 5.32 Å². The summed E-state index contributed by atoms with van der Waals surface area (Å²) in [6.45, 7) is 1.36. The lowest BCUT2D eigenvalue weighted by atomic mass is 10.1. The van der Waals surface area contributed by atoms with Crippen molar-refractivity contribution >= 4 is 11.9 Å². The number of hydrogen-bond donors (Lipinski definition) is 1. The third kappa shape index (κ3) is 5.54. The molecule has 0 aromatic heterocycles. The molecule has 0 heterocycles. The molecule has 1 atom stereocenters. The Hall–Kier alpha value is -3.42. The lowest BCUT2D eigenvalue weighted by Gasteiger charge is -2.18. The zero-order valence-corrected chi connectivity index (χ0v) is 17.1. The van der Waals surface area contributed by atoms with Crippen LogP contribution in [0.2, 0.25) is 0 Å². The molecule has 1 N–H and O–H groups in total. The molecular formula is C21H25NO7. The first kappa shape index (κ1) is 21.9. The van der Waals surface area contributed by atoms with Crippen molar-refractivity contribution < 1.29 is 33.3 Å². The van der Waals surface area contributed by atoms with E-state index in [1.54, 1.807) is 51.5 Å². The minimum atomic E-state index is -0.675. The molecule has 8 heteroatoms. The molecule has 0 aliphatic rings. The average Bonchev–Trinajstić information content (AvgIpc) is 2.76. The van der Waals surface area contributed by atoms with Crippen molar-refractivity contribution in [3.63, 3.8) is 0 Å². The van der Waals surface area contributed by atoms with Gasteiger partial charge in [0.2, 0.25) is 0 Å². The van der Waals surface area contributed by atoms with Crippen LogP contribution in [0.3, 0.4) is 0 Å². The summed E-state index contributed by atoms with van der Waals surface area (Å²) in [5, 5.41) is 2.77. The molecule has 156 valence electrons. The number of esters is 1. The van der Waals surface area contributed by atoms with Crippen LogP contribution in [-0.4, -0.2) is 46.9 Å². The van der Waals surface area contributed by atoms with Crippen LogP contribution in [0.25, 0.3) is 0 Å². The molecule has 0 saturated heterocycles. The van der Waals surface area contributed by atoms with Crippen molar-refractivity contribution in [2.24, 2.45) is 0 Å². The Balaban J connectivity index is 2.00. The molecule has 2 rings (SSSR count). The Labute approximate surface area is 169 Å². The van der Waals surface area contributed by atoms with Crippen LogP contribution >= 0.6 is 0 Å². The van der Waals surface area contributed by atoms with Crippen LogP contribution in [0.5, 0.6) is 23.0 Å². The first-order valence-electron chi connectivity index (χ1n) is 8.83. The van der Waals surface area contributed by atoms with Crippen LogP contribution in [0.1, 0.15) is 28.9 Å². The third-order valence-electron chi connectivity index (χ3n) is 4.24. The second-order valence-electron chi connectivity index (χ2n) is 6.04. The highest BCUT2D eigenvalue weighted by molar-refractivity contribution is 5.94. The number of benzene rings is 2. The maximum atomic E-state index is 12.3. The van der Waals surface area contributed by atoms with E-state index in [1.807, 2.05) is 0 Å². The van der Waals surface area contributed by atoms with Gasteiger partial charge in [0.1, 0.15) is 28.6 Å². The lowest BCUT2D eigenvalue weighted by molar-refractivity contribution is -0.124. The standard InChI is InChI=1S/C21H25NO7/c1-13(17-10-14(25-2)7-9-18(17)27-4)22-20(23)12-29-21(24)16-8-6-15(26-3)11-19(16)28-5/h6-11,13H,12H2,1-5H3,(H,22,23)/t13-/m0/s1.